The maximum Gasteiger partial charge on any atom is 0.433 e. The van der Waals surface area contributed by atoms with Gasteiger partial charge in [0.2, 0.25) is 11.8 Å². The number of nitrogens with one attached hydrogen (secondary N) is 1. The lowest BCUT2D eigenvalue weighted by Crippen LogP contribution is -2.14. The fraction of sp³-hybridized carbons (Fsp3) is 0.125. The molecule has 0 aliphatic rings. The highest BCUT2D eigenvalue weighted by Crippen LogP contribution is 2.27. The minimum absolute atomic E-state index is 0.00652. The van der Waals surface area contributed by atoms with Crippen molar-refractivity contribution in [3.05, 3.63) is 59.7 Å². The number of aryl methyl sites for hydroxylation is 1. The van der Waals surface area contributed by atoms with Gasteiger partial charge in [-0.25, -0.2) is 0 Å². The highest BCUT2D eigenvalue weighted by Gasteiger charge is 2.32. The van der Waals surface area contributed by atoms with Crippen molar-refractivity contribution in [3.8, 4) is 11.5 Å². The molecule has 1 aromatic carbocycles. The van der Waals surface area contributed by atoms with Crippen molar-refractivity contribution >= 4 is 11.6 Å². The molecule has 2 heterocycles. The third-order valence-electron chi connectivity index (χ3n) is 3.21. The number of alkyl halides is 3. The Hall–Kier alpha value is -3.23. The van der Waals surface area contributed by atoms with Crippen LogP contribution in [0.2, 0.25) is 0 Å². The first kappa shape index (κ1) is 16.6. The zero-order valence-corrected chi connectivity index (χ0v) is 12.8. The molecule has 0 aliphatic carbocycles. The van der Waals surface area contributed by atoms with Crippen molar-refractivity contribution in [1.82, 2.24) is 15.2 Å². The molecule has 25 heavy (non-hydrogen) atoms. The molecular formula is C16H11F3N4O2. The van der Waals surface area contributed by atoms with Crippen LogP contribution in [0.1, 0.15) is 21.9 Å². The van der Waals surface area contributed by atoms with E-state index in [1.165, 1.54) is 0 Å². The number of benzene rings is 1. The topological polar surface area (TPSA) is 80.9 Å². The lowest BCUT2D eigenvalue weighted by Gasteiger charge is -2.08. The van der Waals surface area contributed by atoms with E-state index < -0.39 is 17.8 Å². The smallest absolute Gasteiger partial charge is 0.421 e. The van der Waals surface area contributed by atoms with Gasteiger partial charge >= 0.3 is 6.18 Å². The summed E-state index contributed by atoms with van der Waals surface area (Å²) in [7, 11) is 0. The number of carbonyl (C=O) groups is 1. The fourth-order valence-electron chi connectivity index (χ4n) is 2.04. The zero-order chi connectivity index (χ0) is 18.0. The number of anilines is 1. The molecule has 0 unspecified atom stereocenters. The first-order valence-electron chi connectivity index (χ1n) is 7.08. The number of rotatable bonds is 3. The van der Waals surface area contributed by atoms with Crippen LogP contribution in [0.15, 0.2) is 47.0 Å². The summed E-state index contributed by atoms with van der Waals surface area (Å²) in [6.07, 6.45) is -3.67. The second kappa shape index (κ2) is 6.34. The van der Waals surface area contributed by atoms with Crippen molar-refractivity contribution in [2.45, 2.75) is 13.1 Å². The number of aromatic nitrogens is 3. The van der Waals surface area contributed by atoms with Gasteiger partial charge in [0.25, 0.3) is 5.91 Å². The lowest BCUT2D eigenvalue weighted by molar-refractivity contribution is -0.141. The number of hydrogen-bond donors (Lipinski definition) is 1. The highest BCUT2D eigenvalue weighted by atomic mass is 19.4. The molecule has 6 nitrogen and oxygen atoms in total. The van der Waals surface area contributed by atoms with Crippen LogP contribution >= 0.6 is 0 Å². The minimum Gasteiger partial charge on any atom is -0.421 e. The molecule has 0 atom stereocenters. The van der Waals surface area contributed by atoms with Crippen LogP contribution in [0.5, 0.6) is 0 Å². The van der Waals surface area contributed by atoms with Crippen LogP contribution in [-0.4, -0.2) is 21.1 Å². The van der Waals surface area contributed by atoms with Gasteiger partial charge in [0.1, 0.15) is 5.69 Å². The number of pyridine rings is 1. The van der Waals surface area contributed by atoms with E-state index in [0.29, 0.717) is 23.0 Å². The molecule has 0 saturated heterocycles. The van der Waals surface area contributed by atoms with Gasteiger partial charge in [-0.3, -0.25) is 9.78 Å². The van der Waals surface area contributed by atoms with Crippen molar-refractivity contribution in [1.29, 1.82) is 0 Å². The van der Waals surface area contributed by atoms with Crippen molar-refractivity contribution in [2.24, 2.45) is 0 Å². The standard InChI is InChI=1S/C16H11F3N4O2/c1-9-22-23-15(25-9)10-3-2-4-12(7-10)21-14(24)11-5-6-13(20-8-11)16(17,18)19/h2-8H,1H3,(H,21,24). The van der Waals surface area contributed by atoms with Gasteiger partial charge in [-0.05, 0) is 30.3 Å². The van der Waals surface area contributed by atoms with Crippen LogP contribution in [0, 0.1) is 6.92 Å². The summed E-state index contributed by atoms with van der Waals surface area (Å²) in [6.45, 7) is 1.65. The van der Waals surface area contributed by atoms with E-state index >= 15 is 0 Å². The SMILES string of the molecule is Cc1nnc(-c2cccc(NC(=O)c3ccc(C(F)(F)F)nc3)c2)o1. The normalized spacial score (nSPS) is 11.4. The molecule has 3 aromatic rings. The molecule has 0 spiro atoms. The Morgan fingerprint density at radius 3 is 2.56 bits per heavy atom. The van der Waals surface area contributed by atoms with Crippen molar-refractivity contribution in [2.75, 3.05) is 5.32 Å². The number of halogens is 3. The molecule has 9 heteroatoms. The monoisotopic (exact) mass is 348 g/mol. The summed E-state index contributed by atoms with van der Waals surface area (Å²) in [5.74, 6) is 0.116. The summed E-state index contributed by atoms with van der Waals surface area (Å²) < 4.78 is 42.8. The fourth-order valence-corrected chi connectivity index (χ4v) is 2.04. The third kappa shape index (κ3) is 3.82. The van der Waals surface area contributed by atoms with Gasteiger partial charge in [-0.2, -0.15) is 13.2 Å². The Morgan fingerprint density at radius 2 is 1.96 bits per heavy atom. The first-order chi connectivity index (χ1) is 11.8. The highest BCUT2D eigenvalue weighted by molar-refractivity contribution is 6.04. The predicted octanol–water partition coefficient (Wildman–Crippen LogP) is 3.71. The summed E-state index contributed by atoms with van der Waals surface area (Å²) >= 11 is 0. The van der Waals surface area contributed by atoms with Gasteiger partial charge in [-0.15, -0.1) is 10.2 Å². The second-order valence-corrected chi connectivity index (χ2v) is 5.09. The molecule has 0 saturated carbocycles. The Kier molecular flexibility index (Phi) is 4.22. The quantitative estimate of drug-likeness (QED) is 0.780. The molecule has 0 radical (unpaired) electrons. The summed E-state index contributed by atoms with van der Waals surface area (Å²) in [5.41, 5.74) is -0.0213. The average Bonchev–Trinajstić information content (AvgIpc) is 3.01. The number of carbonyl (C=O) groups excluding carboxylic acids is 1. The molecule has 128 valence electrons. The van der Waals surface area contributed by atoms with Crippen molar-refractivity contribution < 1.29 is 22.4 Å². The van der Waals surface area contributed by atoms with Gasteiger partial charge in [0.05, 0.1) is 5.56 Å². The van der Waals surface area contributed by atoms with Gasteiger partial charge < -0.3 is 9.73 Å². The molecule has 0 bridgehead atoms. The first-order valence-corrected chi connectivity index (χ1v) is 7.08. The number of hydrogen-bond acceptors (Lipinski definition) is 5. The summed E-state index contributed by atoms with van der Waals surface area (Å²) in [4.78, 5) is 15.4. The molecule has 0 fully saturated rings. The Balaban J connectivity index is 1.77. The Morgan fingerprint density at radius 1 is 1.16 bits per heavy atom. The van der Waals surface area contributed by atoms with Gasteiger partial charge in [0.15, 0.2) is 0 Å². The van der Waals surface area contributed by atoms with Crippen LogP contribution in [0.3, 0.4) is 0 Å². The summed E-state index contributed by atoms with van der Waals surface area (Å²) in [5, 5.41) is 10.2. The van der Waals surface area contributed by atoms with E-state index in [4.69, 9.17) is 4.42 Å². The maximum atomic E-state index is 12.5. The second-order valence-electron chi connectivity index (χ2n) is 5.09. The molecule has 2 aromatic heterocycles. The van der Waals surface area contributed by atoms with E-state index in [0.717, 1.165) is 18.3 Å². The van der Waals surface area contributed by atoms with E-state index in [-0.39, 0.29) is 5.56 Å². The van der Waals surface area contributed by atoms with E-state index in [1.54, 1.807) is 31.2 Å². The third-order valence-corrected chi connectivity index (χ3v) is 3.21. The molecule has 1 amide bonds. The molecule has 0 aliphatic heterocycles. The van der Waals surface area contributed by atoms with Crippen molar-refractivity contribution in [3.63, 3.8) is 0 Å². The zero-order valence-electron chi connectivity index (χ0n) is 12.8. The maximum absolute atomic E-state index is 12.5. The molecule has 1 N–H and O–H groups in total. The lowest BCUT2D eigenvalue weighted by atomic mass is 10.2. The average molecular weight is 348 g/mol. The van der Waals surface area contributed by atoms with E-state index in [2.05, 4.69) is 20.5 Å². The number of nitrogens with zero attached hydrogens (tertiary/aromatic N) is 3. The number of amides is 1. The van der Waals surface area contributed by atoms with Crippen LogP contribution in [0.25, 0.3) is 11.5 Å². The summed E-state index contributed by atoms with van der Waals surface area (Å²) in [6, 6.07) is 8.46. The largest absolute Gasteiger partial charge is 0.433 e. The Bertz CT molecular complexity index is 904. The van der Waals surface area contributed by atoms with Gasteiger partial charge in [-0.1, -0.05) is 6.07 Å². The van der Waals surface area contributed by atoms with E-state index in [1.807, 2.05) is 0 Å². The van der Waals surface area contributed by atoms with Crippen LogP contribution < -0.4 is 5.32 Å². The Labute approximate surface area is 139 Å². The predicted molar refractivity (Wildman–Crippen MR) is 81.7 cm³/mol. The van der Waals surface area contributed by atoms with E-state index in [9.17, 15) is 18.0 Å². The van der Waals surface area contributed by atoms with Gasteiger partial charge in [0, 0.05) is 24.4 Å². The molecule has 3 rings (SSSR count). The van der Waals surface area contributed by atoms with Crippen LogP contribution in [0.4, 0.5) is 18.9 Å². The minimum atomic E-state index is -4.55. The van der Waals surface area contributed by atoms with Crippen LogP contribution in [-0.2, 0) is 6.18 Å². The molecular weight excluding hydrogens is 337 g/mol.